The number of ketones is 1. The number of hydrogen-bond donors (Lipinski definition) is 1. The monoisotopic (exact) mass is 205 g/mol. The molecule has 2 heteroatoms. The molecule has 82 valence electrons. The summed E-state index contributed by atoms with van der Waals surface area (Å²) in [6.45, 7) is 5.90. The second-order valence-corrected chi connectivity index (χ2v) is 4.43. The quantitative estimate of drug-likeness (QED) is 0.820. The third kappa shape index (κ3) is 3.48. The normalized spacial score (nSPS) is 12.9. The van der Waals surface area contributed by atoms with Gasteiger partial charge in [0.25, 0.3) is 0 Å². The Bertz CT molecular complexity index is 327. The first-order valence-corrected chi connectivity index (χ1v) is 5.35. The molecule has 1 unspecified atom stereocenters. The summed E-state index contributed by atoms with van der Waals surface area (Å²) in [5, 5.41) is 0. The molecule has 1 aromatic rings. The average Bonchev–Trinajstić information content (AvgIpc) is 2.17. The van der Waals surface area contributed by atoms with Gasteiger partial charge in [0.05, 0.1) is 6.04 Å². The van der Waals surface area contributed by atoms with Gasteiger partial charge in [-0.05, 0) is 30.4 Å². The fraction of sp³-hybridized carbons (Fsp3) is 0.462. The van der Waals surface area contributed by atoms with Crippen LogP contribution in [0.1, 0.15) is 37.9 Å². The van der Waals surface area contributed by atoms with Crippen molar-refractivity contribution in [3.05, 3.63) is 35.4 Å². The smallest absolute Gasteiger partial charge is 0.150 e. The molecule has 0 saturated heterocycles. The second-order valence-electron chi connectivity index (χ2n) is 4.43. The van der Waals surface area contributed by atoms with E-state index in [2.05, 4.69) is 26.0 Å². The first kappa shape index (κ1) is 11.9. The molecule has 0 heterocycles. The number of carbonyl (C=O) groups is 1. The predicted molar refractivity (Wildman–Crippen MR) is 62.6 cm³/mol. The molecule has 0 fully saturated rings. The standard InChI is InChI=1S/C13H19NO/c1-9(2)8-11-4-6-12(7-5-11)13(14)10(3)15/h4-7,9,13H,8,14H2,1-3H3. The van der Waals surface area contributed by atoms with Gasteiger partial charge in [0.2, 0.25) is 0 Å². The Hall–Kier alpha value is -1.15. The molecule has 1 aromatic carbocycles. The van der Waals surface area contributed by atoms with E-state index < -0.39 is 6.04 Å². The third-order valence-electron chi connectivity index (χ3n) is 2.42. The number of hydrogen-bond acceptors (Lipinski definition) is 2. The van der Waals surface area contributed by atoms with Crippen LogP contribution >= 0.6 is 0 Å². The van der Waals surface area contributed by atoms with E-state index >= 15 is 0 Å². The lowest BCUT2D eigenvalue weighted by molar-refractivity contribution is -0.118. The Morgan fingerprint density at radius 2 is 1.80 bits per heavy atom. The van der Waals surface area contributed by atoms with Gasteiger partial charge in [-0.1, -0.05) is 38.1 Å². The van der Waals surface area contributed by atoms with Crippen molar-refractivity contribution in [2.24, 2.45) is 11.7 Å². The summed E-state index contributed by atoms with van der Waals surface area (Å²) in [5.74, 6) is 0.656. The lowest BCUT2D eigenvalue weighted by Crippen LogP contribution is -2.18. The second kappa shape index (κ2) is 5.08. The molecular weight excluding hydrogens is 186 g/mol. The van der Waals surface area contributed by atoms with Crippen molar-refractivity contribution in [1.82, 2.24) is 0 Å². The third-order valence-corrected chi connectivity index (χ3v) is 2.42. The minimum atomic E-state index is -0.474. The van der Waals surface area contributed by atoms with E-state index in [9.17, 15) is 4.79 Å². The largest absolute Gasteiger partial charge is 0.318 e. The van der Waals surface area contributed by atoms with Crippen LogP contribution in [0.2, 0.25) is 0 Å². The van der Waals surface area contributed by atoms with E-state index in [0.29, 0.717) is 5.92 Å². The summed E-state index contributed by atoms with van der Waals surface area (Å²) in [4.78, 5) is 11.1. The Morgan fingerprint density at radius 3 is 2.20 bits per heavy atom. The number of nitrogens with two attached hydrogens (primary N) is 1. The predicted octanol–water partition coefficient (Wildman–Crippen LogP) is 2.47. The maximum absolute atomic E-state index is 11.1. The van der Waals surface area contributed by atoms with Crippen LogP contribution in [0.15, 0.2) is 24.3 Å². The van der Waals surface area contributed by atoms with Crippen LogP contribution in [0.3, 0.4) is 0 Å². The average molecular weight is 205 g/mol. The van der Waals surface area contributed by atoms with E-state index in [-0.39, 0.29) is 5.78 Å². The lowest BCUT2D eigenvalue weighted by Gasteiger charge is -2.10. The van der Waals surface area contributed by atoms with E-state index in [1.165, 1.54) is 12.5 Å². The van der Waals surface area contributed by atoms with Gasteiger partial charge in [0.1, 0.15) is 0 Å². The number of carbonyl (C=O) groups excluding carboxylic acids is 1. The van der Waals surface area contributed by atoms with Gasteiger partial charge < -0.3 is 5.73 Å². The Labute approximate surface area is 91.5 Å². The van der Waals surface area contributed by atoms with Crippen LogP contribution in [0.25, 0.3) is 0 Å². The van der Waals surface area contributed by atoms with E-state index in [0.717, 1.165) is 12.0 Å². The van der Waals surface area contributed by atoms with Gasteiger partial charge in [-0.25, -0.2) is 0 Å². The van der Waals surface area contributed by atoms with Crippen molar-refractivity contribution < 1.29 is 4.79 Å². The van der Waals surface area contributed by atoms with Crippen LogP contribution in [0, 0.1) is 5.92 Å². The van der Waals surface area contributed by atoms with Crippen molar-refractivity contribution in [3.63, 3.8) is 0 Å². The van der Waals surface area contributed by atoms with E-state index in [1.54, 1.807) is 0 Å². The van der Waals surface area contributed by atoms with Gasteiger partial charge in [0.15, 0.2) is 5.78 Å². The molecule has 0 amide bonds. The summed E-state index contributed by atoms with van der Waals surface area (Å²) in [6, 6.07) is 7.53. The highest BCUT2D eigenvalue weighted by molar-refractivity contribution is 5.82. The van der Waals surface area contributed by atoms with Crippen molar-refractivity contribution >= 4 is 5.78 Å². The summed E-state index contributed by atoms with van der Waals surface area (Å²) in [5.41, 5.74) is 7.93. The lowest BCUT2D eigenvalue weighted by atomic mass is 9.98. The molecule has 2 nitrogen and oxygen atoms in total. The zero-order valence-electron chi connectivity index (χ0n) is 9.66. The summed E-state index contributed by atoms with van der Waals surface area (Å²) in [6.07, 6.45) is 1.07. The maximum atomic E-state index is 11.1. The highest BCUT2D eigenvalue weighted by Crippen LogP contribution is 2.14. The molecule has 0 saturated carbocycles. The number of Topliss-reactive ketones (excluding diaryl/α,β-unsaturated/α-hetero) is 1. The van der Waals surface area contributed by atoms with Gasteiger partial charge in [-0.15, -0.1) is 0 Å². The summed E-state index contributed by atoms with van der Waals surface area (Å²) < 4.78 is 0. The molecule has 1 atom stereocenters. The maximum Gasteiger partial charge on any atom is 0.150 e. The Morgan fingerprint density at radius 1 is 1.27 bits per heavy atom. The first-order chi connectivity index (χ1) is 7.00. The van der Waals surface area contributed by atoms with Gasteiger partial charge in [0, 0.05) is 0 Å². The van der Waals surface area contributed by atoms with Crippen molar-refractivity contribution in [2.45, 2.75) is 33.2 Å². The van der Waals surface area contributed by atoms with Crippen LogP contribution < -0.4 is 5.73 Å². The first-order valence-electron chi connectivity index (χ1n) is 5.35. The molecule has 1 rings (SSSR count). The van der Waals surface area contributed by atoms with Crippen molar-refractivity contribution in [3.8, 4) is 0 Å². The van der Waals surface area contributed by atoms with Gasteiger partial charge >= 0.3 is 0 Å². The molecule has 0 aliphatic carbocycles. The van der Waals surface area contributed by atoms with Gasteiger partial charge in [-0.3, -0.25) is 4.79 Å². The minimum absolute atomic E-state index is 0.00612. The van der Waals surface area contributed by atoms with Crippen LogP contribution in [0.4, 0.5) is 0 Å². The Kier molecular flexibility index (Phi) is 4.04. The van der Waals surface area contributed by atoms with Crippen LogP contribution in [-0.2, 0) is 11.2 Å². The molecule has 0 spiro atoms. The molecule has 0 radical (unpaired) electrons. The topological polar surface area (TPSA) is 43.1 Å². The van der Waals surface area contributed by atoms with E-state index in [4.69, 9.17) is 5.73 Å². The van der Waals surface area contributed by atoms with Gasteiger partial charge in [-0.2, -0.15) is 0 Å². The Balaban J connectivity index is 2.76. The zero-order chi connectivity index (χ0) is 11.4. The molecule has 0 aliphatic rings. The van der Waals surface area contributed by atoms with Crippen LogP contribution in [0.5, 0.6) is 0 Å². The molecule has 0 aromatic heterocycles. The summed E-state index contributed by atoms with van der Waals surface area (Å²) >= 11 is 0. The zero-order valence-corrected chi connectivity index (χ0v) is 9.66. The van der Waals surface area contributed by atoms with Crippen molar-refractivity contribution in [2.75, 3.05) is 0 Å². The molecular formula is C13H19NO. The number of benzene rings is 1. The van der Waals surface area contributed by atoms with Crippen molar-refractivity contribution in [1.29, 1.82) is 0 Å². The summed E-state index contributed by atoms with van der Waals surface area (Å²) in [7, 11) is 0. The fourth-order valence-electron chi connectivity index (χ4n) is 1.57. The highest BCUT2D eigenvalue weighted by Gasteiger charge is 2.10. The van der Waals surface area contributed by atoms with Crippen LogP contribution in [-0.4, -0.2) is 5.78 Å². The highest BCUT2D eigenvalue weighted by atomic mass is 16.1. The molecule has 2 N–H and O–H groups in total. The minimum Gasteiger partial charge on any atom is -0.318 e. The molecule has 0 bridgehead atoms. The molecule has 15 heavy (non-hydrogen) atoms. The number of rotatable bonds is 4. The van der Waals surface area contributed by atoms with E-state index in [1.807, 2.05) is 12.1 Å². The fourth-order valence-corrected chi connectivity index (χ4v) is 1.57. The molecule has 0 aliphatic heterocycles. The SMILES string of the molecule is CC(=O)C(N)c1ccc(CC(C)C)cc1.